The summed E-state index contributed by atoms with van der Waals surface area (Å²) < 4.78 is 12.4. The van der Waals surface area contributed by atoms with Gasteiger partial charge in [-0.2, -0.15) is 5.10 Å². The van der Waals surface area contributed by atoms with Crippen molar-refractivity contribution in [2.45, 2.75) is 18.9 Å². The summed E-state index contributed by atoms with van der Waals surface area (Å²) in [6, 6.07) is 5.57. The van der Waals surface area contributed by atoms with E-state index in [4.69, 9.17) is 26.8 Å². The van der Waals surface area contributed by atoms with Crippen LogP contribution in [0.3, 0.4) is 0 Å². The third kappa shape index (κ3) is 3.49. The predicted molar refractivity (Wildman–Crippen MR) is 83.0 cm³/mol. The monoisotopic (exact) mass is 309 g/mol. The van der Waals surface area contributed by atoms with E-state index in [1.54, 1.807) is 20.4 Å². The van der Waals surface area contributed by atoms with Crippen LogP contribution in [0, 0.1) is 0 Å². The zero-order valence-corrected chi connectivity index (χ0v) is 13.2. The van der Waals surface area contributed by atoms with Crippen molar-refractivity contribution in [1.82, 2.24) is 9.78 Å². The number of aromatic nitrogens is 2. The molecule has 114 valence electrons. The summed E-state index contributed by atoms with van der Waals surface area (Å²) in [7, 11) is 5.07. The Morgan fingerprint density at radius 2 is 2.10 bits per heavy atom. The molecule has 1 atom stereocenters. The molecule has 5 nitrogen and oxygen atoms in total. The number of methoxy groups -OCH3 is 2. The Kier molecular flexibility index (Phi) is 5.09. The van der Waals surface area contributed by atoms with E-state index in [2.05, 4.69) is 5.10 Å². The van der Waals surface area contributed by atoms with Crippen LogP contribution in [0.2, 0.25) is 5.02 Å². The van der Waals surface area contributed by atoms with Gasteiger partial charge in [0, 0.05) is 25.0 Å². The molecule has 6 heteroatoms. The molecule has 1 unspecified atom stereocenters. The van der Waals surface area contributed by atoms with Crippen molar-refractivity contribution >= 4 is 11.6 Å². The zero-order chi connectivity index (χ0) is 15.4. The number of hydrogen-bond donors (Lipinski definition) is 1. The van der Waals surface area contributed by atoms with Gasteiger partial charge < -0.3 is 15.2 Å². The maximum Gasteiger partial charge on any atom is 0.179 e. The number of nitrogens with two attached hydrogens (primary N) is 1. The van der Waals surface area contributed by atoms with Crippen LogP contribution >= 0.6 is 11.6 Å². The van der Waals surface area contributed by atoms with E-state index >= 15 is 0 Å². The van der Waals surface area contributed by atoms with Gasteiger partial charge in [0.1, 0.15) is 0 Å². The van der Waals surface area contributed by atoms with Crippen molar-refractivity contribution in [3.63, 3.8) is 0 Å². The second kappa shape index (κ2) is 6.83. The first-order chi connectivity index (χ1) is 10.1. The van der Waals surface area contributed by atoms with Crippen molar-refractivity contribution < 1.29 is 9.47 Å². The molecule has 0 aliphatic carbocycles. The van der Waals surface area contributed by atoms with Gasteiger partial charge in [-0.25, -0.2) is 0 Å². The van der Waals surface area contributed by atoms with Crippen molar-refractivity contribution in [2.24, 2.45) is 12.8 Å². The predicted octanol–water partition coefficient (Wildman–Crippen LogP) is 2.72. The highest BCUT2D eigenvalue weighted by molar-refractivity contribution is 6.32. The van der Waals surface area contributed by atoms with Crippen LogP contribution in [-0.2, 0) is 13.5 Å². The summed E-state index contributed by atoms with van der Waals surface area (Å²) in [6.45, 7) is 0. The molecule has 0 saturated heterocycles. The minimum atomic E-state index is -0.128. The average Bonchev–Trinajstić information content (AvgIpc) is 2.89. The Morgan fingerprint density at radius 1 is 1.33 bits per heavy atom. The third-order valence-electron chi connectivity index (χ3n) is 3.52. The zero-order valence-electron chi connectivity index (χ0n) is 12.5. The van der Waals surface area contributed by atoms with Crippen LogP contribution in [0.1, 0.15) is 23.7 Å². The second-order valence-electron chi connectivity index (χ2n) is 4.83. The van der Waals surface area contributed by atoms with Crippen molar-refractivity contribution in [3.8, 4) is 11.5 Å². The Morgan fingerprint density at radius 3 is 2.67 bits per heavy atom. The molecule has 0 amide bonds. The molecule has 1 aromatic heterocycles. The van der Waals surface area contributed by atoms with Crippen LogP contribution in [-0.4, -0.2) is 24.0 Å². The van der Waals surface area contributed by atoms with Gasteiger partial charge in [0.25, 0.3) is 0 Å². The smallest absolute Gasteiger partial charge is 0.179 e. The highest BCUT2D eigenvalue weighted by Crippen LogP contribution is 2.37. The first kappa shape index (κ1) is 15.7. The first-order valence-electron chi connectivity index (χ1n) is 6.70. The highest BCUT2D eigenvalue weighted by Gasteiger charge is 2.15. The van der Waals surface area contributed by atoms with E-state index in [-0.39, 0.29) is 6.04 Å². The molecule has 0 radical (unpaired) electrons. The number of aryl methyl sites for hydroxylation is 2. The normalized spacial score (nSPS) is 12.2. The van der Waals surface area contributed by atoms with E-state index in [0.717, 1.165) is 24.1 Å². The van der Waals surface area contributed by atoms with Crippen molar-refractivity contribution in [1.29, 1.82) is 0 Å². The Bertz CT molecular complexity index is 613. The maximum atomic E-state index is 6.26. The summed E-state index contributed by atoms with van der Waals surface area (Å²) in [4.78, 5) is 0. The van der Waals surface area contributed by atoms with Gasteiger partial charge in [-0.1, -0.05) is 11.6 Å². The number of benzene rings is 1. The number of rotatable bonds is 6. The lowest BCUT2D eigenvalue weighted by molar-refractivity contribution is 0.354. The van der Waals surface area contributed by atoms with Gasteiger partial charge in [-0.3, -0.25) is 4.68 Å². The van der Waals surface area contributed by atoms with Gasteiger partial charge >= 0.3 is 0 Å². The Labute approximate surface area is 129 Å². The minimum absolute atomic E-state index is 0.128. The topological polar surface area (TPSA) is 62.3 Å². The lowest BCUT2D eigenvalue weighted by Gasteiger charge is -2.16. The molecular weight excluding hydrogens is 290 g/mol. The molecule has 0 fully saturated rings. The second-order valence-corrected chi connectivity index (χ2v) is 5.24. The number of hydrogen-bond acceptors (Lipinski definition) is 4. The average molecular weight is 310 g/mol. The fourth-order valence-electron chi connectivity index (χ4n) is 2.27. The third-order valence-corrected chi connectivity index (χ3v) is 3.80. The van der Waals surface area contributed by atoms with Crippen LogP contribution < -0.4 is 15.2 Å². The van der Waals surface area contributed by atoms with Gasteiger partial charge in [0.05, 0.1) is 19.2 Å². The van der Waals surface area contributed by atoms with Crippen LogP contribution in [0.5, 0.6) is 11.5 Å². The Balaban J connectivity index is 2.13. The number of nitrogens with zero attached hydrogens (tertiary/aromatic N) is 2. The largest absolute Gasteiger partial charge is 0.493 e. The fourth-order valence-corrected chi connectivity index (χ4v) is 2.56. The molecule has 0 spiro atoms. The fraction of sp³-hybridized carbons (Fsp3) is 0.400. The first-order valence-corrected chi connectivity index (χ1v) is 7.08. The summed E-state index contributed by atoms with van der Waals surface area (Å²) in [6.07, 6.45) is 3.43. The number of halogens is 1. The maximum absolute atomic E-state index is 6.26. The summed E-state index contributed by atoms with van der Waals surface area (Å²) in [5, 5.41) is 4.65. The number of ether oxygens (including phenoxy) is 2. The molecule has 0 aliphatic rings. The highest BCUT2D eigenvalue weighted by atomic mass is 35.5. The van der Waals surface area contributed by atoms with Crippen molar-refractivity contribution in [2.75, 3.05) is 14.2 Å². The molecular formula is C15H20ClN3O2. The molecule has 0 saturated carbocycles. The molecule has 2 N–H and O–H groups in total. The van der Waals surface area contributed by atoms with Crippen LogP contribution in [0.25, 0.3) is 0 Å². The molecule has 2 aromatic rings. The van der Waals surface area contributed by atoms with Crippen molar-refractivity contribution in [3.05, 3.63) is 40.7 Å². The minimum Gasteiger partial charge on any atom is -0.493 e. The van der Waals surface area contributed by atoms with Crippen LogP contribution in [0.15, 0.2) is 24.4 Å². The van der Waals surface area contributed by atoms with E-state index < -0.39 is 0 Å². The van der Waals surface area contributed by atoms with Gasteiger partial charge in [-0.05, 0) is 36.6 Å². The standard InChI is InChI=1S/C15H20ClN3O2/c1-19-11(6-7-18-19)4-5-13(17)10-8-12(16)15(21-3)14(9-10)20-2/h6-9,13H,4-5,17H2,1-3H3. The van der Waals surface area contributed by atoms with E-state index in [0.29, 0.717) is 16.5 Å². The lowest BCUT2D eigenvalue weighted by atomic mass is 10.0. The molecule has 0 bridgehead atoms. The van der Waals surface area contributed by atoms with Gasteiger partial charge in [0.15, 0.2) is 11.5 Å². The summed E-state index contributed by atoms with van der Waals surface area (Å²) in [5.41, 5.74) is 8.34. The molecule has 2 rings (SSSR count). The lowest BCUT2D eigenvalue weighted by Crippen LogP contribution is -2.13. The quantitative estimate of drug-likeness (QED) is 0.891. The Hall–Kier alpha value is -1.72. The summed E-state index contributed by atoms with van der Waals surface area (Å²) >= 11 is 6.21. The van der Waals surface area contributed by atoms with Gasteiger partial charge in [0.2, 0.25) is 0 Å². The SMILES string of the molecule is COc1cc(C(N)CCc2ccnn2C)cc(Cl)c1OC. The van der Waals surface area contributed by atoms with E-state index in [1.165, 1.54) is 0 Å². The van der Waals surface area contributed by atoms with E-state index in [1.807, 2.05) is 29.9 Å². The van der Waals surface area contributed by atoms with Gasteiger partial charge in [-0.15, -0.1) is 0 Å². The molecule has 0 aliphatic heterocycles. The summed E-state index contributed by atoms with van der Waals surface area (Å²) in [5.74, 6) is 1.12. The molecule has 1 aromatic carbocycles. The van der Waals surface area contributed by atoms with Crippen LogP contribution in [0.4, 0.5) is 0 Å². The molecule has 21 heavy (non-hydrogen) atoms. The molecule has 1 heterocycles. The van der Waals surface area contributed by atoms with E-state index in [9.17, 15) is 0 Å².